The summed E-state index contributed by atoms with van der Waals surface area (Å²) in [6.45, 7) is 16.4. The Morgan fingerprint density at radius 2 is 0.962 bits per heavy atom. The van der Waals surface area contributed by atoms with E-state index in [0.717, 1.165) is 66.0 Å². The van der Waals surface area contributed by atoms with Crippen LogP contribution in [0.1, 0.15) is 11.1 Å². The summed E-state index contributed by atoms with van der Waals surface area (Å²) in [6, 6.07) is 47.6. The van der Waals surface area contributed by atoms with E-state index in [1.54, 1.807) is 6.08 Å². The molecule has 244 valence electrons. The van der Waals surface area contributed by atoms with Crippen LogP contribution in [0.5, 0.6) is 0 Å². The van der Waals surface area contributed by atoms with Crippen LogP contribution in [0.4, 0.5) is 0 Å². The van der Waals surface area contributed by atoms with Crippen molar-refractivity contribution in [1.82, 2.24) is 9.97 Å². The van der Waals surface area contributed by atoms with E-state index in [2.05, 4.69) is 160 Å². The van der Waals surface area contributed by atoms with Crippen molar-refractivity contribution in [2.45, 2.75) is 0 Å². The Balaban J connectivity index is 1.21. The van der Waals surface area contributed by atoms with Crippen molar-refractivity contribution >= 4 is 65.3 Å². The lowest BCUT2D eigenvalue weighted by atomic mass is 9.86. The van der Waals surface area contributed by atoms with Crippen LogP contribution < -0.4 is 0 Å². The monoisotopic (exact) mass is 662 g/mol. The number of hydrogen-bond donors (Lipinski definition) is 0. The number of fused-ring (bicyclic) bond motifs is 2. The average Bonchev–Trinajstić information content (AvgIpc) is 3.20. The summed E-state index contributed by atoms with van der Waals surface area (Å²) in [4.78, 5) is 10.3. The van der Waals surface area contributed by atoms with Crippen LogP contribution >= 0.6 is 0 Å². The number of aromatic nitrogens is 2. The van der Waals surface area contributed by atoms with Crippen LogP contribution in [-0.2, 0) is 0 Å². The van der Waals surface area contributed by atoms with Crippen molar-refractivity contribution in [3.05, 3.63) is 195 Å². The zero-order chi connectivity index (χ0) is 35.3. The van der Waals surface area contributed by atoms with E-state index < -0.39 is 0 Å². The van der Waals surface area contributed by atoms with Gasteiger partial charge in [0.1, 0.15) is 0 Å². The summed E-state index contributed by atoms with van der Waals surface area (Å²) in [5, 5.41) is 9.30. The average molecular weight is 663 g/mol. The number of rotatable bonds is 8. The van der Waals surface area contributed by atoms with Crippen molar-refractivity contribution in [3.8, 4) is 33.6 Å². The van der Waals surface area contributed by atoms with Gasteiger partial charge in [-0.3, -0.25) is 0 Å². The predicted octanol–water partition coefficient (Wildman–Crippen LogP) is 13.6. The molecular formula is C50H34N2. The second-order valence-corrected chi connectivity index (χ2v) is 13.1. The van der Waals surface area contributed by atoms with Gasteiger partial charge in [-0.2, -0.15) is 0 Å². The standard InChI is InChI=1S/C50H34N2/c1-5-15-32(7-3)43-30-42(31(4)6-2)40-26-28-44-49-45(29-27-41(43)48(40)49)52-50(51-44)35-24-22-34(23-25-35)47-38-20-13-11-18-36(38)46(33-16-9-8-10-17-33)37-19-12-14-21-39(37)47/h5-30H,1-4H2/b32-15+. The molecule has 8 aromatic carbocycles. The van der Waals surface area contributed by atoms with E-state index in [4.69, 9.17) is 9.97 Å². The Labute approximate surface area is 303 Å². The third kappa shape index (κ3) is 4.80. The summed E-state index contributed by atoms with van der Waals surface area (Å²) < 4.78 is 0. The molecule has 0 unspecified atom stereocenters. The van der Waals surface area contributed by atoms with Crippen molar-refractivity contribution in [1.29, 1.82) is 0 Å². The minimum absolute atomic E-state index is 0.695. The fourth-order valence-corrected chi connectivity index (χ4v) is 7.93. The van der Waals surface area contributed by atoms with Gasteiger partial charge < -0.3 is 0 Å². The van der Waals surface area contributed by atoms with E-state index in [9.17, 15) is 0 Å². The number of hydrogen-bond acceptors (Lipinski definition) is 2. The van der Waals surface area contributed by atoms with Gasteiger partial charge in [0.2, 0.25) is 0 Å². The first-order valence-electron chi connectivity index (χ1n) is 17.5. The summed E-state index contributed by atoms with van der Waals surface area (Å²) in [5.74, 6) is 0.695. The molecule has 52 heavy (non-hydrogen) atoms. The molecule has 0 radical (unpaired) electrons. The maximum atomic E-state index is 5.17. The SMILES string of the molecule is C=C/C=C(\C=C)c1cc(C(=C)C=C)c2ccc3nc(-c4ccc(-c5c6ccccc6c(-c6ccccc6)c6ccccc56)cc4)nc4ccc1c2c34. The highest BCUT2D eigenvalue weighted by atomic mass is 14.9. The first kappa shape index (κ1) is 31.1. The first-order chi connectivity index (χ1) is 25.6. The Kier molecular flexibility index (Phi) is 7.45. The molecule has 2 nitrogen and oxygen atoms in total. The van der Waals surface area contributed by atoms with Gasteiger partial charge in [-0.1, -0.05) is 166 Å². The van der Waals surface area contributed by atoms with Gasteiger partial charge in [0.15, 0.2) is 5.82 Å². The summed E-state index contributed by atoms with van der Waals surface area (Å²) in [6.07, 6.45) is 7.46. The molecule has 1 aromatic heterocycles. The molecule has 1 heterocycles. The Morgan fingerprint density at radius 3 is 1.48 bits per heavy atom. The van der Waals surface area contributed by atoms with Gasteiger partial charge in [0, 0.05) is 16.3 Å². The quantitative estimate of drug-likeness (QED) is 0.0919. The Bertz CT molecular complexity index is 2870. The molecule has 0 bridgehead atoms. The van der Waals surface area contributed by atoms with Crippen LogP contribution in [0.3, 0.4) is 0 Å². The molecule has 9 aromatic rings. The predicted molar refractivity (Wildman–Crippen MR) is 225 cm³/mol. The zero-order valence-corrected chi connectivity index (χ0v) is 28.7. The lowest BCUT2D eigenvalue weighted by molar-refractivity contribution is 1.26. The molecule has 0 spiro atoms. The molecular weight excluding hydrogens is 629 g/mol. The molecule has 0 fully saturated rings. The van der Waals surface area contributed by atoms with Gasteiger partial charge >= 0.3 is 0 Å². The third-order valence-corrected chi connectivity index (χ3v) is 10.3. The summed E-state index contributed by atoms with van der Waals surface area (Å²) >= 11 is 0. The molecule has 0 aliphatic carbocycles. The highest BCUT2D eigenvalue weighted by Crippen LogP contribution is 2.45. The molecule has 0 aliphatic heterocycles. The van der Waals surface area contributed by atoms with Crippen LogP contribution in [0.2, 0.25) is 0 Å². The largest absolute Gasteiger partial charge is 0.228 e. The van der Waals surface area contributed by atoms with E-state index in [-0.39, 0.29) is 0 Å². The third-order valence-electron chi connectivity index (χ3n) is 10.3. The van der Waals surface area contributed by atoms with E-state index >= 15 is 0 Å². The molecule has 9 rings (SSSR count). The van der Waals surface area contributed by atoms with E-state index in [1.807, 2.05) is 18.2 Å². The summed E-state index contributed by atoms with van der Waals surface area (Å²) in [7, 11) is 0. The zero-order valence-electron chi connectivity index (χ0n) is 28.7. The Hall–Kier alpha value is -6.90. The fraction of sp³-hybridized carbons (Fsp3) is 0. The van der Waals surface area contributed by atoms with Gasteiger partial charge in [-0.25, -0.2) is 9.97 Å². The van der Waals surface area contributed by atoms with Crippen molar-refractivity contribution in [2.75, 3.05) is 0 Å². The van der Waals surface area contributed by atoms with Crippen molar-refractivity contribution < 1.29 is 0 Å². The van der Waals surface area contributed by atoms with Crippen LogP contribution in [0.25, 0.3) is 98.9 Å². The maximum Gasteiger partial charge on any atom is 0.160 e. The molecule has 0 amide bonds. The second-order valence-electron chi connectivity index (χ2n) is 13.1. The maximum absolute atomic E-state index is 5.17. The minimum Gasteiger partial charge on any atom is -0.228 e. The van der Waals surface area contributed by atoms with Crippen LogP contribution in [-0.4, -0.2) is 9.97 Å². The van der Waals surface area contributed by atoms with E-state index in [1.165, 1.54) is 38.2 Å². The molecule has 0 N–H and O–H groups in total. The van der Waals surface area contributed by atoms with Crippen LogP contribution in [0, 0.1) is 0 Å². The number of nitrogens with zero attached hydrogens (tertiary/aromatic N) is 2. The molecule has 0 atom stereocenters. The molecule has 0 saturated heterocycles. The fourth-order valence-electron chi connectivity index (χ4n) is 7.93. The number of allylic oxidation sites excluding steroid dienone is 6. The smallest absolute Gasteiger partial charge is 0.160 e. The number of benzene rings is 8. The lowest BCUT2D eigenvalue weighted by Gasteiger charge is -2.18. The van der Waals surface area contributed by atoms with E-state index in [0.29, 0.717) is 5.82 Å². The molecule has 0 aliphatic rings. The normalized spacial score (nSPS) is 11.9. The Morgan fingerprint density at radius 1 is 0.462 bits per heavy atom. The van der Waals surface area contributed by atoms with Crippen molar-refractivity contribution in [2.24, 2.45) is 0 Å². The summed E-state index contributed by atoms with van der Waals surface area (Å²) in [5.41, 5.74) is 11.6. The molecule has 2 heteroatoms. The van der Waals surface area contributed by atoms with Crippen LogP contribution in [0.15, 0.2) is 184 Å². The topological polar surface area (TPSA) is 25.8 Å². The van der Waals surface area contributed by atoms with Gasteiger partial charge in [-0.15, -0.1) is 0 Å². The highest BCUT2D eigenvalue weighted by molar-refractivity contribution is 6.26. The lowest BCUT2D eigenvalue weighted by Crippen LogP contribution is -1.97. The minimum atomic E-state index is 0.695. The highest BCUT2D eigenvalue weighted by Gasteiger charge is 2.20. The van der Waals surface area contributed by atoms with Crippen molar-refractivity contribution in [3.63, 3.8) is 0 Å². The van der Waals surface area contributed by atoms with Gasteiger partial charge in [0.05, 0.1) is 11.0 Å². The first-order valence-corrected chi connectivity index (χ1v) is 17.5. The van der Waals surface area contributed by atoms with Gasteiger partial charge in [-0.05, 0) is 95.0 Å². The second kappa shape index (κ2) is 12.5. The molecule has 0 saturated carbocycles. The van der Waals surface area contributed by atoms with Gasteiger partial charge in [0.25, 0.3) is 0 Å².